The Morgan fingerprint density at radius 2 is 2.12 bits per heavy atom. The Kier molecular flexibility index (Phi) is 5.01. The van der Waals surface area contributed by atoms with Gasteiger partial charge in [0.15, 0.2) is 0 Å². The highest BCUT2D eigenvalue weighted by Gasteiger charge is 1.96. The van der Waals surface area contributed by atoms with Gasteiger partial charge in [0, 0.05) is 11.6 Å². The molecule has 1 aromatic carbocycles. The van der Waals surface area contributed by atoms with Gasteiger partial charge in [0.25, 0.3) is 0 Å². The highest BCUT2D eigenvalue weighted by molar-refractivity contribution is 5.83. The molecule has 17 heavy (non-hydrogen) atoms. The number of hydrogen-bond acceptors (Lipinski definition) is 3. The third-order valence-electron chi connectivity index (χ3n) is 2.09. The van der Waals surface area contributed by atoms with Crippen molar-refractivity contribution in [2.75, 3.05) is 6.61 Å². The number of aromatic hydroxyl groups is 1. The Bertz CT molecular complexity index is 445. The molecule has 0 radical (unpaired) electrons. The first kappa shape index (κ1) is 13.0. The quantitative estimate of drug-likeness (QED) is 0.493. The Labute approximate surface area is 101 Å². The summed E-state index contributed by atoms with van der Waals surface area (Å²) in [6.07, 6.45) is 4.92. The van der Waals surface area contributed by atoms with Crippen molar-refractivity contribution in [2.24, 2.45) is 0 Å². The van der Waals surface area contributed by atoms with Gasteiger partial charge in [-0.25, -0.2) is 4.79 Å². The summed E-state index contributed by atoms with van der Waals surface area (Å²) in [5.41, 5.74) is 1.48. The maximum Gasteiger partial charge on any atom is 0.330 e. The maximum atomic E-state index is 11.1. The zero-order chi connectivity index (χ0) is 12.7. The van der Waals surface area contributed by atoms with Crippen LogP contribution in [-0.2, 0) is 9.53 Å². The van der Waals surface area contributed by atoms with Crippen LogP contribution in [-0.4, -0.2) is 17.7 Å². The highest BCUT2D eigenvalue weighted by atomic mass is 16.5. The molecule has 3 heteroatoms. The fourth-order valence-corrected chi connectivity index (χ4v) is 1.27. The first-order valence-electron chi connectivity index (χ1n) is 5.44. The van der Waals surface area contributed by atoms with Crippen molar-refractivity contribution in [3.8, 4) is 5.75 Å². The number of phenolic OH excluding ortho intramolecular Hbond substituents is 1. The van der Waals surface area contributed by atoms with Crippen LogP contribution in [0.4, 0.5) is 0 Å². The standard InChI is InChI=1S/C14H16O3/c1-3-17-14(16)10-11(2)8-9-12-6-4-5-7-13(12)15/h4-10,15H,3H2,1-2H3/b9-8+,11-10-. The summed E-state index contributed by atoms with van der Waals surface area (Å²) in [4.78, 5) is 11.1. The van der Waals surface area contributed by atoms with E-state index < -0.39 is 0 Å². The van der Waals surface area contributed by atoms with Crippen molar-refractivity contribution >= 4 is 12.0 Å². The predicted octanol–water partition coefficient (Wildman–Crippen LogP) is 2.91. The second kappa shape index (κ2) is 6.53. The third kappa shape index (κ3) is 4.55. The maximum absolute atomic E-state index is 11.1. The van der Waals surface area contributed by atoms with Crippen LogP contribution in [0.15, 0.2) is 42.0 Å². The average molecular weight is 232 g/mol. The topological polar surface area (TPSA) is 46.5 Å². The van der Waals surface area contributed by atoms with Crippen molar-refractivity contribution < 1.29 is 14.6 Å². The van der Waals surface area contributed by atoms with Gasteiger partial charge < -0.3 is 9.84 Å². The molecule has 0 spiro atoms. The number of allylic oxidation sites excluding steroid dienone is 2. The van der Waals surface area contributed by atoms with Crippen LogP contribution in [0.3, 0.4) is 0 Å². The van der Waals surface area contributed by atoms with Gasteiger partial charge in [-0.3, -0.25) is 0 Å². The number of hydrogen-bond donors (Lipinski definition) is 1. The van der Waals surface area contributed by atoms with Crippen LogP contribution in [0.1, 0.15) is 19.4 Å². The first-order valence-corrected chi connectivity index (χ1v) is 5.44. The largest absolute Gasteiger partial charge is 0.507 e. The fourth-order valence-electron chi connectivity index (χ4n) is 1.27. The van der Waals surface area contributed by atoms with Crippen molar-refractivity contribution in [3.05, 3.63) is 47.6 Å². The van der Waals surface area contributed by atoms with Gasteiger partial charge >= 0.3 is 5.97 Å². The lowest BCUT2D eigenvalue weighted by molar-refractivity contribution is -0.137. The van der Waals surface area contributed by atoms with E-state index in [0.29, 0.717) is 12.2 Å². The summed E-state index contributed by atoms with van der Waals surface area (Å²) in [6.45, 7) is 3.93. The first-order chi connectivity index (χ1) is 8.13. The molecule has 0 aliphatic rings. The van der Waals surface area contributed by atoms with E-state index in [0.717, 1.165) is 5.57 Å². The van der Waals surface area contributed by atoms with Crippen LogP contribution in [0.25, 0.3) is 6.08 Å². The Balaban J connectivity index is 2.71. The normalized spacial score (nSPS) is 11.8. The van der Waals surface area contributed by atoms with Crippen LogP contribution < -0.4 is 0 Å². The molecule has 0 saturated heterocycles. The minimum atomic E-state index is -0.355. The summed E-state index contributed by atoms with van der Waals surface area (Å²) in [6, 6.07) is 7.01. The smallest absolute Gasteiger partial charge is 0.330 e. The molecular weight excluding hydrogens is 216 g/mol. The Hall–Kier alpha value is -2.03. The van der Waals surface area contributed by atoms with Crippen LogP contribution in [0.5, 0.6) is 5.75 Å². The minimum absolute atomic E-state index is 0.215. The molecule has 0 atom stereocenters. The lowest BCUT2D eigenvalue weighted by atomic mass is 10.1. The van der Waals surface area contributed by atoms with Crippen molar-refractivity contribution in [2.45, 2.75) is 13.8 Å². The summed E-state index contributed by atoms with van der Waals surface area (Å²) < 4.78 is 4.79. The molecule has 0 bridgehead atoms. The van der Waals surface area contributed by atoms with E-state index in [2.05, 4.69) is 0 Å². The summed E-state index contributed by atoms with van der Waals surface area (Å²) in [5.74, 6) is -0.139. The zero-order valence-corrected chi connectivity index (χ0v) is 10.0. The van der Waals surface area contributed by atoms with Crippen molar-refractivity contribution in [3.63, 3.8) is 0 Å². The number of esters is 1. The Morgan fingerprint density at radius 1 is 1.41 bits per heavy atom. The minimum Gasteiger partial charge on any atom is -0.507 e. The van der Waals surface area contributed by atoms with Crippen molar-refractivity contribution in [1.29, 1.82) is 0 Å². The number of carbonyl (C=O) groups excluding carboxylic acids is 1. The van der Waals surface area contributed by atoms with Crippen LogP contribution in [0, 0.1) is 0 Å². The molecule has 3 nitrogen and oxygen atoms in total. The van der Waals surface area contributed by atoms with E-state index in [4.69, 9.17) is 4.74 Å². The van der Waals surface area contributed by atoms with E-state index in [-0.39, 0.29) is 11.7 Å². The third-order valence-corrected chi connectivity index (χ3v) is 2.09. The van der Waals surface area contributed by atoms with Gasteiger partial charge in [0.05, 0.1) is 6.61 Å². The lowest BCUT2D eigenvalue weighted by Gasteiger charge is -1.98. The SMILES string of the molecule is CCOC(=O)/C=C(C)\C=C\c1ccccc1O. The Morgan fingerprint density at radius 3 is 2.76 bits per heavy atom. The second-order valence-corrected chi connectivity index (χ2v) is 3.53. The van der Waals surface area contributed by atoms with Crippen molar-refractivity contribution in [1.82, 2.24) is 0 Å². The monoisotopic (exact) mass is 232 g/mol. The zero-order valence-electron chi connectivity index (χ0n) is 10.0. The molecule has 1 rings (SSSR count). The molecule has 0 aliphatic heterocycles. The summed E-state index contributed by atoms with van der Waals surface area (Å²) in [5, 5.41) is 9.53. The predicted molar refractivity (Wildman–Crippen MR) is 67.5 cm³/mol. The number of phenols is 1. The van der Waals surface area contributed by atoms with E-state index in [1.165, 1.54) is 6.08 Å². The molecule has 0 aliphatic carbocycles. The highest BCUT2D eigenvalue weighted by Crippen LogP contribution is 2.17. The lowest BCUT2D eigenvalue weighted by Crippen LogP contribution is -1.99. The molecule has 0 heterocycles. The second-order valence-electron chi connectivity index (χ2n) is 3.53. The molecular formula is C14H16O3. The van der Waals surface area contributed by atoms with Gasteiger partial charge in [0.1, 0.15) is 5.75 Å². The van der Waals surface area contributed by atoms with E-state index in [1.54, 1.807) is 44.2 Å². The van der Waals surface area contributed by atoms with E-state index in [1.807, 2.05) is 6.07 Å². The number of carbonyl (C=O) groups is 1. The van der Waals surface area contributed by atoms with Gasteiger partial charge in [0.2, 0.25) is 0 Å². The van der Waals surface area contributed by atoms with Gasteiger partial charge in [-0.15, -0.1) is 0 Å². The molecule has 0 fully saturated rings. The molecule has 0 unspecified atom stereocenters. The van der Waals surface area contributed by atoms with E-state index >= 15 is 0 Å². The molecule has 90 valence electrons. The number of rotatable bonds is 4. The van der Waals surface area contributed by atoms with Crippen LogP contribution in [0.2, 0.25) is 0 Å². The van der Waals surface area contributed by atoms with Gasteiger partial charge in [-0.2, -0.15) is 0 Å². The van der Waals surface area contributed by atoms with Gasteiger partial charge in [-0.1, -0.05) is 30.4 Å². The number of benzene rings is 1. The number of para-hydroxylation sites is 1. The van der Waals surface area contributed by atoms with E-state index in [9.17, 15) is 9.90 Å². The number of ether oxygens (including phenoxy) is 1. The molecule has 0 aromatic heterocycles. The van der Waals surface area contributed by atoms with Crippen LogP contribution >= 0.6 is 0 Å². The average Bonchev–Trinajstić information content (AvgIpc) is 2.28. The molecule has 0 amide bonds. The molecule has 0 saturated carbocycles. The summed E-state index contributed by atoms with van der Waals surface area (Å²) in [7, 11) is 0. The fraction of sp³-hybridized carbons (Fsp3) is 0.214. The molecule has 1 N–H and O–H groups in total. The summed E-state index contributed by atoms with van der Waals surface area (Å²) >= 11 is 0. The molecule has 1 aromatic rings. The van der Waals surface area contributed by atoms with Gasteiger partial charge in [-0.05, 0) is 25.5 Å².